The predicted molar refractivity (Wildman–Crippen MR) is 79.8 cm³/mol. The minimum Gasteiger partial charge on any atom is -0.508 e. The summed E-state index contributed by atoms with van der Waals surface area (Å²) < 4.78 is 5.79. The number of hydrogen-bond acceptors (Lipinski definition) is 5. The highest BCUT2D eigenvalue weighted by Crippen LogP contribution is 2.28. The van der Waals surface area contributed by atoms with E-state index in [4.69, 9.17) is 4.74 Å². The van der Waals surface area contributed by atoms with Gasteiger partial charge in [0.2, 0.25) is 0 Å². The van der Waals surface area contributed by atoms with Gasteiger partial charge in [-0.25, -0.2) is 0 Å². The molecule has 0 aliphatic heterocycles. The summed E-state index contributed by atoms with van der Waals surface area (Å²) in [7, 11) is 0. The van der Waals surface area contributed by atoms with Gasteiger partial charge < -0.3 is 14.9 Å². The summed E-state index contributed by atoms with van der Waals surface area (Å²) in [5.74, 6) is -0.236. The van der Waals surface area contributed by atoms with E-state index in [0.717, 1.165) is 3.57 Å². The number of benzene rings is 1. The van der Waals surface area contributed by atoms with E-state index >= 15 is 0 Å². The maximum Gasteiger partial charge on any atom is 0.315 e. The number of ether oxygens (including phenoxy) is 1. The summed E-state index contributed by atoms with van der Waals surface area (Å²) in [6.45, 7) is 0.251. The molecule has 0 aliphatic rings. The molecule has 4 nitrogen and oxygen atoms in total. The number of thiol groups is 1. The van der Waals surface area contributed by atoms with Crippen LogP contribution < -0.4 is 0 Å². The van der Waals surface area contributed by atoms with Gasteiger partial charge in [0.15, 0.2) is 0 Å². The van der Waals surface area contributed by atoms with Gasteiger partial charge in [0.1, 0.15) is 5.75 Å². The van der Waals surface area contributed by atoms with Crippen LogP contribution in [0.25, 0.3) is 0 Å². The monoisotopic (exact) mass is 382 g/mol. The number of phenols is 1. The maximum absolute atomic E-state index is 10.8. The largest absolute Gasteiger partial charge is 0.508 e. The lowest BCUT2D eigenvalue weighted by molar-refractivity contribution is -0.140. The van der Waals surface area contributed by atoms with Crippen molar-refractivity contribution in [2.75, 3.05) is 12.4 Å². The molecule has 1 rings (SSSR count). The molecule has 0 bridgehead atoms. The molecule has 100 valence electrons. The van der Waals surface area contributed by atoms with E-state index in [9.17, 15) is 15.0 Å². The lowest BCUT2D eigenvalue weighted by atomic mass is 10.0. The molecule has 1 atom stereocenters. The van der Waals surface area contributed by atoms with Crippen LogP contribution in [-0.4, -0.2) is 28.5 Å². The molecule has 0 unspecified atom stereocenters. The van der Waals surface area contributed by atoms with Crippen molar-refractivity contribution in [2.24, 2.45) is 0 Å². The van der Waals surface area contributed by atoms with Crippen LogP contribution in [0.4, 0.5) is 0 Å². The van der Waals surface area contributed by atoms with Gasteiger partial charge in [-0.2, -0.15) is 12.6 Å². The second-order valence-corrected chi connectivity index (χ2v) is 5.30. The molecule has 0 spiro atoms. The number of carbonyl (C=O) groups excluding carboxylic acids is 1. The molecule has 0 saturated heterocycles. The zero-order valence-corrected chi connectivity index (χ0v) is 12.7. The number of carbonyl (C=O) groups is 1. The van der Waals surface area contributed by atoms with Crippen molar-refractivity contribution in [3.63, 3.8) is 0 Å². The summed E-state index contributed by atoms with van der Waals surface area (Å²) in [5, 5.41) is 19.6. The van der Waals surface area contributed by atoms with Gasteiger partial charge in [-0.1, -0.05) is 0 Å². The lowest BCUT2D eigenvalue weighted by Gasteiger charge is -2.13. The second-order valence-electron chi connectivity index (χ2n) is 3.74. The summed E-state index contributed by atoms with van der Waals surface area (Å²) in [6, 6.07) is 5.06. The Morgan fingerprint density at radius 1 is 1.50 bits per heavy atom. The molecule has 0 aromatic heterocycles. The molecule has 0 heterocycles. The molecule has 0 aliphatic carbocycles. The van der Waals surface area contributed by atoms with Crippen LogP contribution in [0.1, 0.15) is 24.5 Å². The molecule has 0 saturated carbocycles. The third-order valence-electron chi connectivity index (χ3n) is 2.36. The first-order valence-electron chi connectivity index (χ1n) is 5.47. The van der Waals surface area contributed by atoms with Crippen LogP contribution in [-0.2, 0) is 9.53 Å². The van der Waals surface area contributed by atoms with Gasteiger partial charge in [-0.3, -0.25) is 4.79 Å². The first-order valence-corrected chi connectivity index (χ1v) is 7.18. The van der Waals surface area contributed by atoms with Crippen molar-refractivity contribution < 1.29 is 19.7 Å². The van der Waals surface area contributed by atoms with Crippen molar-refractivity contribution in [1.82, 2.24) is 0 Å². The molecule has 0 radical (unpaired) electrons. The molecule has 2 N–H and O–H groups in total. The minimum absolute atomic E-state index is 0.0558. The summed E-state index contributed by atoms with van der Waals surface area (Å²) >= 11 is 5.90. The van der Waals surface area contributed by atoms with Crippen molar-refractivity contribution in [1.29, 1.82) is 0 Å². The average Bonchev–Trinajstić information content (AvgIpc) is 2.36. The summed E-state index contributed by atoms with van der Waals surface area (Å²) in [5.41, 5.74) is 0.502. The Morgan fingerprint density at radius 2 is 2.22 bits per heavy atom. The third-order valence-corrected chi connectivity index (χ3v) is 3.29. The first kappa shape index (κ1) is 15.6. The van der Waals surface area contributed by atoms with Gasteiger partial charge >= 0.3 is 5.97 Å². The van der Waals surface area contributed by atoms with Crippen LogP contribution in [0.2, 0.25) is 0 Å². The number of halogens is 1. The van der Waals surface area contributed by atoms with E-state index in [2.05, 4.69) is 35.2 Å². The zero-order chi connectivity index (χ0) is 13.5. The van der Waals surface area contributed by atoms with Crippen LogP contribution in [0.15, 0.2) is 18.2 Å². The summed E-state index contributed by atoms with van der Waals surface area (Å²) in [6.07, 6.45) is 0.202. The number of esters is 1. The Morgan fingerprint density at radius 3 is 2.89 bits per heavy atom. The Balaban J connectivity index is 2.43. The van der Waals surface area contributed by atoms with E-state index in [1.165, 1.54) is 0 Å². The van der Waals surface area contributed by atoms with Crippen molar-refractivity contribution in [3.8, 4) is 5.75 Å². The van der Waals surface area contributed by atoms with Crippen LogP contribution >= 0.6 is 35.2 Å². The zero-order valence-electron chi connectivity index (χ0n) is 9.67. The smallest absolute Gasteiger partial charge is 0.315 e. The quantitative estimate of drug-likeness (QED) is 0.306. The first-order chi connectivity index (χ1) is 8.54. The van der Waals surface area contributed by atoms with Crippen molar-refractivity contribution >= 4 is 41.2 Å². The van der Waals surface area contributed by atoms with Crippen LogP contribution in [0.3, 0.4) is 0 Å². The van der Waals surface area contributed by atoms with E-state index in [1.54, 1.807) is 18.2 Å². The summed E-state index contributed by atoms with van der Waals surface area (Å²) in [4.78, 5) is 10.8. The van der Waals surface area contributed by atoms with Gasteiger partial charge in [0, 0.05) is 9.13 Å². The van der Waals surface area contributed by atoms with Crippen LogP contribution in [0, 0.1) is 3.57 Å². The molecule has 1 aromatic carbocycles. The molecular formula is C12H15IO4S. The van der Waals surface area contributed by atoms with Gasteiger partial charge in [0.05, 0.1) is 18.5 Å². The van der Waals surface area contributed by atoms with Gasteiger partial charge in [0.25, 0.3) is 0 Å². The fourth-order valence-electron chi connectivity index (χ4n) is 1.46. The number of aliphatic hydroxyl groups is 1. The van der Waals surface area contributed by atoms with Gasteiger partial charge in [-0.15, -0.1) is 0 Å². The Hall–Kier alpha value is -0.470. The molecule has 0 fully saturated rings. The number of rotatable bonds is 6. The third kappa shape index (κ3) is 5.03. The molecular weight excluding hydrogens is 367 g/mol. The highest BCUT2D eigenvalue weighted by molar-refractivity contribution is 14.1. The normalized spacial score (nSPS) is 12.2. The number of aliphatic hydroxyl groups excluding tert-OH is 1. The topological polar surface area (TPSA) is 66.8 Å². The van der Waals surface area contributed by atoms with Crippen molar-refractivity contribution in [3.05, 3.63) is 27.3 Å². The standard InChI is InChI=1S/C12H15IO4S/c13-8-3-4-11(15)9(6-8)10(14)2-1-5-17-12(16)7-18/h3-4,6,10,14-15,18H,1-2,5,7H2/t10-/m0/s1. The highest BCUT2D eigenvalue weighted by Gasteiger charge is 2.12. The van der Waals surface area contributed by atoms with Crippen molar-refractivity contribution in [2.45, 2.75) is 18.9 Å². The lowest BCUT2D eigenvalue weighted by Crippen LogP contribution is -2.08. The molecule has 18 heavy (non-hydrogen) atoms. The Kier molecular flexibility index (Phi) is 6.80. The number of phenolic OH excluding ortho intramolecular Hbond substituents is 1. The SMILES string of the molecule is O=C(CS)OCCC[C@H](O)c1cc(I)ccc1O. The van der Waals surface area contributed by atoms with Gasteiger partial charge in [-0.05, 0) is 53.6 Å². The van der Waals surface area contributed by atoms with E-state index in [1.807, 2.05) is 0 Å². The minimum atomic E-state index is -0.755. The predicted octanol–water partition coefficient (Wildman–Crippen LogP) is 2.28. The maximum atomic E-state index is 10.8. The fourth-order valence-corrected chi connectivity index (χ4v) is 2.06. The second kappa shape index (κ2) is 7.85. The Bertz CT molecular complexity index is 411. The fraction of sp³-hybridized carbons (Fsp3) is 0.417. The highest BCUT2D eigenvalue weighted by atomic mass is 127. The van der Waals surface area contributed by atoms with E-state index in [-0.39, 0.29) is 24.1 Å². The number of hydrogen-bond donors (Lipinski definition) is 3. The van der Waals surface area contributed by atoms with E-state index < -0.39 is 6.10 Å². The molecule has 6 heteroatoms. The van der Waals surface area contributed by atoms with Crippen LogP contribution in [0.5, 0.6) is 5.75 Å². The van der Waals surface area contributed by atoms with E-state index in [0.29, 0.717) is 18.4 Å². The average molecular weight is 382 g/mol. The number of aromatic hydroxyl groups is 1. The molecule has 0 amide bonds. The Labute approximate surface area is 125 Å². The molecule has 1 aromatic rings.